The standard InChI is InChI=1S/C16H29N3S/c1-3-9-19(10-4-2)15(16-6-5-13-20-16)14-18-11-7-17-8-12-18/h5-6,13,15,17H,3-4,7-12,14H2,1-2H3. The molecule has 1 unspecified atom stereocenters. The molecule has 1 aliphatic rings. The van der Waals surface area contributed by atoms with Crippen LogP contribution in [0.4, 0.5) is 0 Å². The van der Waals surface area contributed by atoms with E-state index >= 15 is 0 Å². The highest BCUT2D eigenvalue weighted by molar-refractivity contribution is 7.10. The van der Waals surface area contributed by atoms with Crippen molar-refractivity contribution < 1.29 is 0 Å². The van der Waals surface area contributed by atoms with Gasteiger partial charge in [0.25, 0.3) is 0 Å². The van der Waals surface area contributed by atoms with E-state index in [9.17, 15) is 0 Å². The summed E-state index contributed by atoms with van der Waals surface area (Å²) in [7, 11) is 0. The zero-order valence-corrected chi connectivity index (χ0v) is 13.8. The van der Waals surface area contributed by atoms with E-state index in [1.165, 1.54) is 50.4 Å². The van der Waals surface area contributed by atoms with E-state index in [-0.39, 0.29) is 0 Å². The van der Waals surface area contributed by atoms with E-state index < -0.39 is 0 Å². The highest BCUT2D eigenvalue weighted by atomic mass is 32.1. The molecule has 3 nitrogen and oxygen atoms in total. The van der Waals surface area contributed by atoms with Gasteiger partial charge in [-0.3, -0.25) is 9.80 Å². The van der Waals surface area contributed by atoms with Crippen molar-refractivity contribution in [3.05, 3.63) is 22.4 Å². The van der Waals surface area contributed by atoms with Crippen LogP contribution in [0, 0.1) is 0 Å². The molecular formula is C16H29N3S. The number of thiophene rings is 1. The largest absolute Gasteiger partial charge is 0.314 e. The lowest BCUT2D eigenvalue weighted by atomic mass is 10.1. The Bertz CT molecular complexity index is 341. The summed E-state index contributed by atoms with van der Waals surface area (Å²) in [6, 6.07) is 5.09. The lowest BCUT2D eigenvalue weighted by Gasteiger charge is -2.36. The van der Waals surface area contributed by atoms with E-state index in [0.29, 0.717) is 6.04 Å². The number of rotatable bonds is 8. The maximum Gasteiger partial charge on any atom is 0.0569 e. The SMILES string of the molecule is CCCN(CCC)C(CN1CCNCC1)c1cccs1. The first-order valence-electron chi connectivity index (χ1n) is 8.05. The number of nitrogens with one attached hydrogen (secondary N) is 1. The first-order valence-corrected chi connectivity index (χ1v) is 8.93. The zero-order chi connectivity index (χ0) is 14.2. The molecule has 114 valence electrons. The Morgan fingerprint density at radius 1 is 1.25 bits per heavy atom. The van der Waals surface area contributed by atoms with Crippen LogP contribution in [0.1, 0.15) is 37.6 Å². The van der Waals surface area contributed by atoms with Crippen molar-refractivity contribution in [1.82, 2.24) is 15.1 Å². The Balaban J connectivity index is 2.06. The Morgan fingerprint density at radius 2 is 1.95 bits per heavy atom. The fourth-order valence-corrected chi connectivity index (χ4v) is 3.85. The van der Waals surface area contributed by atoms with E-state index in [0.717, 1.165) is 13.1 Å². The zero-order valence-electron chi connectivity index (χ0n) is 13.0. The highest BCUT2D eigenvalue weighted by Gasteiger charge is 2.23. The average molecular weight is 295 g/mol. The fraction of sp³-hybridized carbons (Fsp3) is 0.750. The van der Waals surface area contributed by atoms with E-state index in [4.69, 9.17) is 0 Å². The molecule has 1 aromatic heterocycles. The molecule has 4 heteroatoms. The molecule has 2 rings (SSSR count). The van der Waals surface area contributed by atoms with Crippen LogP contribution in [0.2, 0.25) is 0 Å². The van der Waals surface area contributed by atoms with Crippen LogP contribution in [-0.2, 0) is 0 Å². The lowest BCUT2D eigenvalue weighted by molar-refractivity contribution is 0.131. The minimum atomic E-state index is 0.577. The summed E-state index contributed by atoms with van der Waals surface area (Å²) in [5.74, 6) is 0. The van der Waals surface area contributed by atoms with Crippen LogP contribution in [0.5, 0.6) is 0 Å². The number of hydrogen-bond donors (Lipinski definition) is 1. The average Bonchev–Trinajstić information content (AvgIpc) is 3.00. The predicted molar refractivity (Wildman–Crippen MR) is 88.5 cm³/mol. The van der Waals surface area contributed by atoms with Gasteiger partial charge in [-0.1, -0.05) is 19.9 Å². The van der Waals surface area contributed by atoms with Crippen molar-refractivity contribution in [2.75, 3.05) is 45.8 Å². The van der Waals surface area contributed by atoms with E-state index in [1.807, 2.05) is 11.3 Å². The van der Waals surface area contributed by atoms with Gasteiger partial charge in [0.1, 0.15) is 0 Å². The molecule has 0 radical (unpaired) electrons. The predicted octanol–water partition coefficient (Wildman–Crippen LogP) is 2.82. The first kappa shape index (κ1) is 16.0. The first-order chi connectivity index (χ1) is 9.85. The Morgan fingerprint density at radius 3 is 2.50 bits per heavy atom. The smallest absolute Gasteiger partial charge is 0.0569 e. The van der Waals surface area contributed by atoms with Crippen LogP contribution in [0.3, 0.4) is 0 Å². The molecule has 20 heavy (non-hydrogen) atoms. The molecule has 0 aliphatic carbocycles. The third-order valence-corrected chi connectivity index (χ3v) is 4.95. The van der Waals surface area contributed by atoms with Crippen molar-refractivity contribution >= 4 is 11.3 Å². The van der Waals surface area contributed by atoms with Crippen LogP contribution in [0.25, 0.3) is 0 Å². The molecule has 2 heterocycles. The second kappa shape index (κ2) is 8.78. The van der Waals surface area contributed by atoms with Crippen molar-refractivity contribution in [3.8, 4) is 0 Å². The monoisotopic (exact) mass is 295 g/mol. The molecule has 0 spiro atoms. The van der Waals surface area contributed by atoms with Gasteiger partial charge in [-0.15, -0.1) is 11.3 Å². The number of nitrogens with zero attached hydrogens (tertiary/aromatic N) is 2. The van der Waals surface area contributed by atoms with Crippen LogP contribution >= 0.6 is 11.3 Å². The third kappa shape index (κ3) is 4.55. The van der Waals surface area contributed by atoms with Crippen molar-refractivity contribution in [2.45, 2.75) is 32.7 Å². The van der Waals surface area contributed by atoms with Crippen molar-refractivity contribution in [2.24, 2.45) is 0 Å². The van der Waals surface area contributed by atoms with Gasteiger partial charge in [0.2, 0.25) is 0 Å². The molecule has 1 aliphatic heterocycles. The van der Waals surface area contributed by atoms with Gasteiger partial charge in [0, 0.05) is 37.6 Å². The molecule has 1 fully saturated rings. The molecule has 0 aromatic carbocycles. The molecular weight excluding hydrogens is 266 g/mol. The van der Waals surface area contributed by atoms with Gasteiger partial charge < -0.3 is 5.32 Å². The summed E-state index contributed by atoms with van der Waals surface area (Å²) in [4.78, 5) is 6.85. The summed E-state index contributed by atoms with van der Waals surface area (Å²) in [6.45, 7) is 12.8. The van der Waals surface area contributed by atoms with Crippen molar-refractivity contribution in [1.29, 1.82) is 0 Å². The number of hydrogen-bond acceptors (Lipinski definition) is 4. The second-order valence-corrected chi connectivity index (χ2v) is 6.60. The maximum absolute atomic E-state index is 3.45. The van der Waals surface area contributed by atoms with Gasteiger partial charge in [0.15, 0.2) is 0 Å². The number of piperazine rings is 1. The normalized spacial score (nSPS) is 18.6. The second-order valence-electron chi connectivity index (χ2n) is 5.62. The Labute approximate surface area is 128 Å². The van der Waals surface area contributed by atoms with Gasteiger partial charge in [0.05, 0.1) is 6.04 Å². The van der Waals surface area contributed by atoms with Crippen LogP contribution in [0.15, 0.2) is 17.5 Å². The van der Waals surface area contributed by atoms with Gasteiger partial charge in [-0.25, -0.2) is 0 Å². The summed E-state index contributed by atoms with van der Waals surface area (Å²) in [5, 5.41) is 5.67. The molecule has 1 saturated heterocycles. The summed E-state index contributed by atoms with van der Waals surface area (Å²) in [5.41, 5.74) is 0. The van der Waals surface area contributed by atoms with E-state index in [1.54, 1.807) is 0 Å². The van der Waals surface area contributed by atoms with Crippen LogP contribution in [-0.4, -0.2) is 55.6 Å². The lowest BCUT2D eigenvalue weighted by Crippen LogP contribution is -2.47. The summed E-state index contributed by atoms with van der Waals surface area (Å²) >= 11 is 1.92. The van der Waals surface area contributed by atoms with Gasteiger partial charge in [-0.05, 0) is 37.4 Å². The maximum atomic E-state index is 3.45. The third-order valence-electron chi connectivity index (χ3n) is 3.97. The fourth-order valence-electron chi connectivity index (χ4n) is 3.00. The topological polar surface area (TPSA) is 18.5 Å². The molecule has 0 saturated carbocycles. The minimum absolute atomic E-state index is 0.577. The Hall–Kier alpha value is -0.420. The quantitative estimate of drug-likeness (QED) is 0.795. The van der Waals surface area contributed by atoms with Gasteiger partial charge in [-0.2, -0.15) is 0 Å². The molecule has 1 atom stereocenters. The molecule has 0 amide bonds. The minimum Gasteiger partial charge on any atom is -0.314 e. The summed E-state index contributed by atoms with van der Waals surface area (Å²) < 4.78 is 0. The molecule has 1 aromatic rings. The molecule has 1 N–H and O–H groups in total. The van der Waals surface area contributed by atoms with E-state index in [2.05, 4.69) is 46.5 Å². The Kier molecular flexibility index (Phi) is 7.00. The van der Waals surface area contributed by atoms with Gasteiger partial charge >= 0.3 is 0 Å². The van der Waals surface area contributed by atoms with Crippen LogP contribution < -0.4 is 5.32 Å². The highest BCUT2D eigenvalue weighted by Crippen LogP contribution is 2.26. The summed E-state index contributed by atoms with van der Waals surface area (Å²) in [6.07, 6.45) is 2.48. The molecule has 0 bridgehead atoms. The van der Waals surface area contributed by atoms with Crippen molar-refractivity contribution in [3.63, 3.8) is 0 Å².